The van der Waals surface area contributed by atoms with E-state index >= 15 is 0 Å². The first-order valence-corrected chi connectivity index (χ1v) is 11.5. The fraction of sp³-hybridized carbons (Fsp3) is 0.276. The van der Waals surface area contributed by atoms with Gasteiger partial charge in [-0.3, -0.25) is 4.98 Å². The van der Waals surface area contributed by atoms with Crippen molar-refractivity contribution in [3.05, 3.63) is 82.9 Å². The van der Waals surface area contributed by atoms with Gasteiger partial charge in [-0.1, -0.05) is 54.6 Å². The highest BCUT2D eigenvalue weighted by Crippen LogP contribution is 2.31. The summed E-state index contributed by atoms with van der Waals surface area (Å²) in [5.74, 6) is -0.209. The third-order valence-electron chi connectivity index (χ3n) is 6.23. The topological polar surface area (TPSA) is 49.8 Å². The molecule has 5 heteroatoms. The van der Waals surface area contributed by atoms with Crippen molar-refractivity contribution in [3.8, 4) is 5.75 Å². The van der Waals surface area contributed by atoms with Crippen molar-refractivity contribution in [3.63, 3.8) is 0 Å². The molecule has 0 amide bonds. The lowest BCUT2D eigenvalue weighted by atomic mass is 9.96. The summed E-state index contributed by atoms with van der Waals surface area (Å²) >= 11 is 0. The van der Waals surface area contributed by atoms with Crippen molar-refractivity contribution in [2.75, 3.05) is 14.2 Å². The van der Waals surface area contributed by atoms with Crippen LogP contribution < -0.4 is 15.2 Å². The first-order chi connectivity index (χ1) is 16.5. The number of hydrogen-bond acceptors (Lipinski definition) is 5. The second-order valence-electron chi connectivity index (χ2n) is 8.77. The van der Waals surface area contributed by atoms with Crippen molar-refractivity contribution >= 4 is 33.8 Å². The molecule has 2 unspecified atom stereocenters. The highest BCUT2D eigenvalue weighted by Gasteiger charge is 2.40. The Kier molecular flexibility index (Phi) is 6.09. The minimum Gasteiger partial charge on any atom is -0.488 e. The molecule has 0 radical (unpaired) electrons. The summed E-state index contributed by atoms with van der Waals surface area (Å²) in [6.07, 6.45) is 5.53. The van der Waals surface area contributed by atoms with Gasteiger partial charge in [0, 0.05) is 36.4 Å². The molecular weight excluding hydrogens is 426 g/mol. The first-order valence-electron chi connectivity index (χ1n) is 11.5. The van der Waals surface area contributed by atoms with Gasteiger partial charge in [-0.15, -0.1) is 0 Å². The standard InChI is InChI=1S/C29H29NO4/c1-19(2)34-29(32-4)16-24-21(15-27(29)31-3)13-14-23-22-11-8-12-26(25(22)17-30-28(23)24)33-18-20-9-6-5-7-10-20/h5-17,19,27H,18H2,1-4H3. The average molecular weight is 456 g/mol. The Morgan fingerprint density at radius 2 is 1.74 bits per heavy atom. The maximum absolute atomic E-state index is 6.24. The van der Waals surface area contributed by atoms with E-state index < -0.39 is 5.79 Å². The van der Waals surface area contributed by atoms with E-state index in [1.54, 1.807) is 14.2 Å². The van der Waals surface area contributed by atoms with E-state index in [1.807, 2.05) is 62.5 Å². The van der Waals surface area contributed by atoms with Crippen LogP contribution in [0.4, 0.5) is 0 Å². The molecule has 0 saturated heterocycles. The molecule has 0 N–H and O–H groups in total. The maximum Gasteiger partial charge on any atom is 0.219 e. The molecule has 0 saturated carbocycles. The van der Waals surface area contributed by atoms with Crippen LogP contribution in [0, 0.1) is 0 Å². The molecule has 4 aromatic rings. The summed E-state index contributed by atoms with van der Waals surface area (Å²) in [6.45, 7) is 4.48. The van der Waals surface area contributed by atoms with Crippen LogP contribution in [0.15, 0.2) is 66.9 Å². The molecule has 1 aliphatic carbocycles. The summed E-state index contributed by atoms with van der Waals surface area (Å²) in [4.78, 5) is 4.88. The van der Waals surface area contributed by atoms with Crippen LogP contribution in [0.2, 0.25) is 0 Å². The number of pyridine rings is 1. The number of methoxy groups -OCH3 is 2. The molecule has 5 nitrogen and oxygen atoms in total. The number of fused-ring (bicyclic) bond motifs is 5. The Morgan fingerprint density at radius 1 is 0.912 bits per heavy atom. The molecule has 1 aliphatic rings. The van der Waals surface area contributed by atoms with Crippen molar-refractivity contribution in [2.24, 2.45) is 0 Å². The Balaban J connectivity index is 1.66. The number of benzene rings is 3. The van der Waals surface area contributed by atoms with Gasteiger partial charge < -0.3 is 18.9 Å². The zero-order chi connectivity index (χ0) is 23.7. The van der Waals surface area contributed by atoms with Gasteiger partial charge in [-0.25, -0.2) is 0 Å². The van der Waals surface area contributed by atoms with Gasteiger partial charge in [-0.2, -0.15) is 0 Å². The minimum atomic E-state index is -1.03. The summed E-state index contributed by atoms with van der Waals surface area (Å²) < 4.78 is 24.1. The van der Waals surface area contributed by atoms with Crippen molar-refractivity contribution < 1.29 is 18.9 Å². The molecule has 2 atom stereocenters. The highest BCUT2D eigenvalue weighted by atomic mass is 16.7. The van der Waals surface area contributed by atoms with Gasteiger partial charge >= 0.3 is 0 Å². The van der Waals surface area contributed by atoms with E-state index in [0.717, 1.165) is 43.4 Å². The van der Waals surface area contributed by atoms with Crippen LogP contribution in [0.1, 0.15) is 19.4 Å². The summed E-state index contributed by atoms with van der Waals surface area (Å²) in [7, 11) is 3.31. The predicted molar refractivity (Wildman–Crippen MR) is 135 cm³/mol. The van der Waals surface area contributed by atoms with Crippen molar-refractivity contribution in [1.82, 2.24) is 4.98 Å². The van der Waals surface area contributed by atoms with E-state index in [0.29, 0.717) is 6.61 Å². The third kappa shape index (κ3) is 3.96. The third-order valence-corrected chi connectivity index (χ3v) is 6.23. The zero-order valence-corrected chi connectivity index (χ0v) is 19.9. The number of rotatable bonds is 7. The molecule has 0 fully saturated rings. The lowest BCUT2D eigenvalue weighted by Gasteiger charge is -2.37. The van der Waals surface area contributed by atoms with E-state index in [9.17, 15) is 0 Å². The van der Waals surface area contributed by atoms with Crippen LogP contribution in [-0.4, -0.2) is 37.2 Å². The molecule has 0 spiro atoms. The van der Waals surface area contributed by atoms with Gasteiger partial charge in [-0.05, 0) is 48.2 Å². The minimum absolute atomic E-state index is 0.0445. The number of ether oxygens (including phenoxy) is 4. The first kappa shape index (κ1) is 22.5. The Labute approximate surface area is 199 Å². The molecule has 1 aromatic heterocycles. The summed E-state index contributed by atoms with van der Waals surface area (Å²) in [6, 6.07) is 20.5. The Morgan fingerprint density at radius 3 is 2.47 bits per heavy atom. The van der Waals surface area contributed by atoms with Crippen molar-refractivity contribution in [2.45, 2.75) is 38.4 Å². The fourth-order valence-electron chi connectivity index (χ4n) is 4.67. The fourth-order valence-corrected chi connectivity index (χ4v) is 4.67. The summed E-state index contributed by atoms with van der Waals surface area (Å²) in [5, 5.41) is 5.15. The highest BCUT2D eigenvalue weighted by molar-refractivity contribution is 6.07. The molecular formula is C29H29NO4. The lowest BCUT2D eigenvalue weighted by Crippen LogP contribution is -2.52. The molecule has 174 valence electrons. The molecule has 34 heavy (non-hydrogen) atoms. The van der Waals surface area contributed by atoms with Gasteiger partial charge in [0.15, 0.2) is 0 Å². The zero-order valence-electron chi connectivity index (χ0n) is 19.9. The van der Waals surface area contributed by atoms with Gasteiger partial charge in [0.2, 0.25) is 5.79 Å². The van der Waals surface area contributed by atoms with Crippen LogP contribution >= 0.6 is 0 Å². The number of aromatic nitrogens is 1. The molecule has 3 aromatic carbocycles. The molecule has 0 aliphatic heterocycles. The smallest absolute Gasteiger partial charge is 0.219 e. The predicted octanol–water partition coefficient (Wildman–Crippen LogP) is 4.32. The average Bonchev–Trinajstić information content (AvgIpc) is 2.86. The molecule has 5 rings (SSSR count). The van der Waals surface area contributed by atoms with E-state index in [2.05, 4.69) is 30.3 Å². The Hall–Kier alpha value is -3.25. The van der Waals surface area contributed by atoms with Crippen LogP contribution in [0.3, 0.4) is 0 Å². The van der Waals surface area contributed by atoms with Crippen LogP contribution in [-0.2, 0) is 20.8 Å². The largest absolute Gasteiger partial charge is 0.488 e. The van der Waals surface area contributed by atoms with E-state index in [-0.39, 0.29) is 12.2 Å². The number of nitrogens with zero attached hydrogens (tertiary/aromatic N) is 1. The van der Waals surface area contributed by atoms with Crippen LogP contribution in [0.5, 0.6) is 5.75 Å². The lowest BCUT2D eigenvalue weighted by molar-refractivity contribution is -0.235. The summed E-state index contributed by atoms with van der Waals surface area (Å²) in [5.41, 5.74) is 2.02. The maximum atomic E-state index is 6.24. The van der Waals surface area contributed by atoms with E-state index in [1.165, 1.54) is 0 Å². The van der Waals surface area contributed by atoms with Gasteiger partial charge in [0.05, 0.1) is 11.6 Å². The van der Waals surface area contributed by atoms with Crippen molar-refractivity contribution in [1.29, 1.82) is 0 Å². The van der Waals surface area contributed by atoms with Gasteiger partial charge in [0.25, 0.3) is 0 Å². The Bertz CT molecular complexity index is 1450. The molecule has 1 heterocycles. The SMILES string of the molecule is COC1C=c2ccc3c(ncc4c(OCc5ccccc5)cccc43)c2=CC1(OC)OC(C)C. The molecule has 0 bridgehead atoms. The van der Waals surface area contributed by atoms with Crippen LogP contribution in [0.25, 0.3) is 33.8 Å². The van der Waals surface area contributed by atoms with E-state index in [4.69, 9.17) is 23.9 Å². The normalized spacial score (nSPS) is 19.6. The second-order valence-corrected chi connectivity index (χ2v) is 8.77. The van der Waals surface area contributed by atoms with Gasteiger partial charge in [0.1, 0.15) is 18.5 Å². The quantitative estimate of drug-likeness (QED) is 0.307. The second kappa shape index (κ2) is 9.18. The number of hydrogen-bond donors (Lipinski definition) is 0. The monoisotopic (exact) mass is 455 g/mol.